The Bertz CT molecular complexity index is 724. The molecule has 6 nitrogen and oxygen atoms in total. The summed E-state index contributed by atoms with van der Waals surface area (Å²) < 4.78 is 5.45. The van der Waals surface area contributed by atoms with Crippen LogP contribution in [0.4, 0.5) is 0 Å². The van der Waals surface area contributed by atoms with Crippen LogP contribution in [-0.2, 0) is 11.3 Å². The number of benzene rings is 1. The van der Waals surface area contributed by atoms with Gasteiger partial charge in [-0.05, 0) is 50.4 Å². The fourth-order valence-corrected chi connectivity index (χ4v) is 3.85. The average molecular weight is 340 g/mol. The van der Waals surface area contributed by atoms with Gasteiger partial charge in [0.2, 0.25) is 18.1 Å². The second kappa shape index (κ2) is 7.35. The Hall–Kier alpha value is -2.21. The van der Waals surface area contributed by atoms with Crippen LogP contribution >= 0.6 is 0 Å². The summed E-state index contributed by atoms with van der Waals surface area (Å²) in [4.78, 5) is 19.9. The molecule has 1 aromatic heterocycles. The Morgan fingerprint density at radius 2 is 2.04 bits per heavy atom. The fourth-order valence-electron chi connectivity index (χ4n) is 3.85. The van der Waals surface area contributed by atoms with Crippen LogP contribution in [0.2, 0.25) is 0 Å². The van der Waals surface area contributed by atoms with Crippen molar-refractivity contribution >= 4 is 6.41 Å². The van der Waals surface area contributed by atoms with Gasteiger partial charge in [0.05, 0.1) is 0 Å². The van der Waals surface area contributed by atoms with Crippen LogP contribution in [0.3, 0.4) is 0 Å². The molecule has 2 fully saturated rings. The predicted molar refractivity (Wildman–Crippen MR) is 93.6 cm³/mol. The molecule has 0 aliphatic carbocycles. The van der Waals surface area contributed by atoms with Gasteiger partial charge < -0.3 is 9.42 Å². The summed E-state index contributed by atoms with van der Waals surface area (Å²) in [5, 5.41) is 4.15. The zero-order valence-corrected chi connectivity index (χ0v) is 14.4. The number of likely N-dealkylation sites (tertiary alicyclic amines) is 2. The van der Waals surface area contributed by atoms with E-state index in [0.717, 1.165) is 37.9 Å². The van der Waals surface area contributed by atoms with E-state index in [1.165, 1.54) is 37.9 Å². The number of nitrogens with zero attached hydrogens (tertiary/aromatic N) is 4. The molecular weight excluding hydrogens is 316 g/mol. The lowest BCUT2D eigenvalue weighted by molar-refractivity contribution is -0.119. The molecule has 1 unspecified atom stereocenters. The summed E-state index contributed by atoms with van der Waals surface area (Å²) in [5.41, 5.74) is 2.25. The highest BCUT2D eigenvalue weighted by Crippen LogP contribution is 2.30. The van der Waals surface area contributed by atoms with Gasteiger partial charge in [-0.2, -0.15) is 4.98 Å². The van der Waals surface area contributed by atoms with Crippen molar-refractivity contribution in [1.29, 1.82) is 0 Å². The molecular formula is C19H24N4O2. The number of hydrogen-bond donors (Lipinski definition) is 0. The molecule has 0 spiro atoms. The van der Waals surface area contributed by atoms with Gasteiger partial charge in [-0.15, -0.1) is 0 Å². The highest BCUT2D eigenvalue weighted by Gasteiger charge is 2.29. The van der Waals surface area contributed by atoms with Crippen LogP contribution in [0.15, 0.2) is 28.8 Å². The van der Waals surface area contributed by atoms with Crippen LogP contribution in [0.1, 0.15) is 49.6 Å². The summed E-state index contributed by atoms with van der Waals surface area (Å²) in [7, 11) is 0. The zero-order valence-electron chi connectivity index (χ0n) is 14.4. The maximum Gasteiger partial charge on any atom is 0.249 e. The van der Waals surface area contributed by atoms with Gasteiger partial charge in [-0.3, -0.25) is 9.69 Å². The third kappa shape index (κ3) is 3.58. The molecule has 2 aromatic rings. The summed E-state index contributed by atoms with van der Waals surface area (Å²) in [6.07, 6.45) is 6.68. The Kier molecular flexibility index (Phi) is 4.78. The van der Waals surface area contributed by atoms with Gasteiger partial charge in [0.15, 0.2) is 0 Å². The Balaban J connectivity index is 1.50. The summed E-state index contributed by atoms with van der Waals surface area (Å²) >= 11 is 0. The van der Waals surface area contributed by atoms with E-state index < -0.39 is 0 Å². The van der Waals surface area contributed by atoms with E-state index in [9.17, 15) is 4.79 Å². The molecule has 0 saturated carbocycles. The molecule has 0 N–H and O–H groups in total. The van der Waals surface area contributed by atoms with E-state index in [1.54, 1.807) is 4.90 Å². The van der Waals surface area contributed by atoms with Gasteiger partial charge >= 0.3 is 0 Å². The molecule has 1 aromatic carbocycles. The van der Waals surface area contributed by atoms with E-state index in [4.69, 9.17) is 4.52 Å². The van der Waals surface area contributed by atoms with Crippen molar-refractivity contribution < 1.29 is 9.32 Å². The van der Waals surface area contributed by atoms with Crippen molar-refractivity contribution in [2.45, 2.75) is 44.7 Å². The minimum absolute atomic E-state index is 0.0738. The Morgan fingerprint density at radius 1 is 1.16 bits per heavy atom. The van der Waals surface area contributed by atoms with Crippen molar-refractivity contribution in [2.24, 2.45) is 0 Å². The predicted octanol–water partition coefficient (Wildman–Crippen LogP) is 3.02. The average Bonchev–Trinajstić information content (AvgIpc) is 3.32. The molecule has 4 rings (SSSR count). The monoisotopic (exact) mass is 340 g/mol. The number of carbonyl (C=O) groups excluding carboxylic acids is 1. The molecule has 0 radical (unpaired) electrons. The Labute approximate surface area is 147 Å². The summed E-state index contributed by atoms with van der Waals surface area (Å²) in [6, 6.07) is 8.30. The minimum Gasteiger partial charge on any atom is -0.337 e. The molecule has 0 bridgehead atoms. The minimum atomic E-state index is -0.0738. The zero-order chi connectivity index (χ0) is 17.1. The van der Waals surface area contributed by atoms with Gasteiger partial charge in [-0.1, -0.05) is 29.8 Å². The van der Waals surface area contributed by atoms with Gasteiger partial charge in [-0.25, -0.2) is 0 Å². The first-order valence-electron chi connectivity index (χ1n) is 9.20. The number of aromatic nitrogens is 2. The highest BCUT2D eigenvalue weighted by molar-refractivity contribution is 5.55. The van der Waals surface area contributed by atoms with E-state index in [2.05, 4.69) is 33.2 Å². The van der Waals surface area contributed by atoms with Gasteiger partial charge in [0.25, 0.3) is 0 Å². The SMILES string of the molecule is O=CN1CCCC1c1nc(-c2cccc(CN3CCCCC3)c2)no1. The first-order valence-corrected chi connectivity index (χ1v) is 9.20. The standard InChI is InChI=1S/C19H24N4O2/c24-14-23-11-5-8-17(23)19-20-18(21-25-19)16-7-4-6-15(12-16)13-22-9-2-1-3-10-22/h4,6-7,12,14,17H,1-3,5,8-11,13H2. The lowest BCUT2D eigenvalue weighted by atomic mass is 10.1. The maximum absolute atomic E-state index is 11.1. The number of carbonyl (C=O) groups is 1. The molecule has 2 aliphatic rings. The summed E-state index contributed by atoms with van der Waals surface area (Å²) in [6.45, 7) is 4.09. The lowest BCUT2D eigenvalue weighted by Gasteiger charge is -2.26. The van der Waals surface area contributed by atoms with Crippen molar-refractivity contribution in [3.8, 4) is 11.4 Å². The number of rotatable bonds is 5. The second-order valence-corrected chi connectivity index (χ2v) is 6.99. The quantitative estimate of drug-likeness (QED) is 0.783. The van der Waals surface area contributed by atoms with Crippen molar-refractivity contribution in [2.75, 3.05) is 19.6 Å². The number of piperidine rings is 1. The molecule has 25 heavy (non-hydrogen) atoms. The smallest absolute Gasteiger partial charge is 0.249 e. The van der Waals surface area contributed by atoms with Crippen LogP contribution in [0.25, 0.3) is 11.4 Å². The third-order valence-electron chi connectivity index (χ3n) is 5.20. The largest absolute Gasteiger partial charge is 0.337 e. The molecule has 6 heteroatoms. The summed E-state index contributed by atoms with van der Waals surface area (Å²) in [5.74, 6) is 1.15. The van der Waals surface area contributed by atoms with E-state index in [1.807, 2.05) is 6.07 Å². The molecule has 1 atom stereocenters. The van der Waals surface area contributed by atoms with Crippen molar-refractivity contribution in [3.63, 3.8) is 0 Å². The van der Waals surface area contributed by atoms with Crippen LogP contribution < -0.4 is 0 Å². The fraction of sp³-hybridized carbons (Fsp3) is 0.526. The Morgan fingerprint density at radius 3 is 2.88 bits per heavy atom. The van der Waals surface area contributed by atoms with Crippen LogP contribution in [-0.4, -0.2) is 46.0 Å². The van der Waals surface area contributed by atoms with Crippen molar-refractivity contribution in [3.05, 3.63) is 35.7 Å². The van der Waals surface area contributed by atoms with Crippen molar-refractivity contribution in [1.82, 2.24) is 19.9 Å². The normalized spacial score (nSPS) is 21.6. The van der Waals surface area contributed by atoms with Gasteiger partial charge in [0, 0.05) is 18.7 Å². The highest BCUT2D eigenvalue weighted by atomic mass is 16.5. The van der Waals surface area contributed by atoms with E-state index in [0.29, 0.717) is 11.7 Å². The molecule has 2 saturated heterocycles. The second-order valence-electron chi connectivity index (χ2n) is 6.99. The van der Waals surface area contributed by atoms with Crippen LogP contribution in [0.5, 0.6) is 0 Å². The van der Waals surface area contributed by atoms with E-state index >= 15 is 0 Å². The number of hydrogen-bond acceptors (Lipinski definition) is 5. The lowest BCUT2D eigenvalue weighted by Crippen LogP contribution is -2.29. The molecule has 3 heterocycles. The third-order valence-corrected chi connectivity index (χ3v) is 5.20. The number of amides is 1. The molecule has 1 amide bonds. The van der Waals surface area contributed by atoms with E-state index in [-0.39, 0.29) is 6.04 Å². The first-order chi connectivity index (χ1) is 12.3. The molecule has 2 aliphatic heterocycles. The molecule has 132 valence electrons. The maximum atomic E-state index is 11.1. The topological polar surface area (TPSA) is 62.5 Å². The van der Waals surface area contributed by atoms with Gasteiger partial charge in [0.1, 0.15) is 6.04 Å². The first kappa shape index (κ1) is 16.3. The van der Waals surface area contributed by atoms with Crippen LogP contribution in [0, 0.1) is 0 Å².